The summed E-state index contributed by atoms with van der Waals surface area (Å²) in [5.74, 6) is 0. The van der Waals surface area contributed by atoms with E-state index < -0.39 is 10.8 Å². The van der Waals surface area contributed by atoms with Crippen molar-refractivity contribution in [3.05, 3.63) is 24.3 Å². The van der Waals surface area contributed by atoms with E-state index in [-0.39, 0.29) is 10.9 Å². The van der Waals surface area contributed by atoms with Gasteiger partial charge < -0.3 is 10.5 Å². The second kappa shape index (κ2) is 5.25. The number of benzene rings is 1. The number of hydrogen-bond acceptors (Lipinski definition) is 3. The lowest BCUT2D eigenvalue weighted by molar-refractivity contribution is -0.0708. The molecule has 2 aliphatic rings. The first kappa shape index (κ1) is 13.1. The van der Waals surface area contributed by atoms with Crippen molar-refractivity contribution in [3.63, 3.8) is 0 Å². The van der Waals surface area contributed by atoms with Crippen LogP contribution in [0, 0.1) is 0 Å². The number of ether oxygens (including phenoxy) is 1. The van der Waals surface area contributed by atoms with Crippen LogP contribution in [0.15, 0.2) is 29.2 Å². The number of nitrogen functional groups attached to an aromatic ring is 1. The molecule has 1 saturated heterocycles. The zero-order valence-electron chi connectivity index (χ0n) is 11.1. The first-order valence-corrected chi connectivity index (χ1v) is 8.30. The van der Waals surface area contributed by atoms with E-state index in [1.807, 2.05) is 24.3 Å². The van der Waals surface area contributed by atoms with Crippen molar-refractivity contribution in [2.24, 2.45) is 0 Å². The van der Waals surface area contributed by atoms with E-state index in [2.05, 4.69) is 0 Å². The maximum Gasteiger partial charge on any atom is 0.0694 e. The summed E-state index contributed by atoms with van der Waals surface area (Å²) < 4.78 is 18.7. The van der Waals surface area contributed by atoms with Gasteiger partial charge in [-0.15, -0.1) is 0 Å². The summed E-state index contributed by atoms with van der Waals surface area (Å²) in [7, 11) is -0.962. The molecule has 1 aliphatic heterocycles. The molecule has 4 heteroatoms. The molecule has 1 heterocycles. The average Bonchev–Trinajstić information content (AvgIpc) is 2.86. The molecule has 0 bridgehead atoms. The van der Waals surface area contributed by atoms with Gasteiger partial charge in [0.15, 0.2) is 0 Å². The summed E-state index contributed by atoms with van der Waals surface area (Å²) in [4.78, 5) is 0.861. The molecule has 3 rings (SSSR count). The minimum atomic E-state index is -0.962. The Kier molecular flexibility index (Phi) is 3.63. The van der Waals surface area contributed by atoms with Gasteiger partial charge in [0.25, 0.3) is 0 Å². The molecule has 3 nitrogen and oxygen atoms in total. The highest BCUT2D eigenvalue weighted by Crippen LogP contribution is 2.41. The smallest absolute Gasteiger partial charge is 0.0694 e. The average molecular weight is 279 g/mol. The van der Waals surface area contributed by atoms with Crippen LogP contribution >= 0.6 is 0 Å². The Morgan fingerprint density at radius 1 is 1.32 bits per heavy atom. The van der Waals surface area contributed by atoms with Crippen LogP contribution in [0.3, 0.4) is 0 Å². The number of nitrogens with two attached hydrogens (primary N) is 1. The Morgan fingerprint density at radius 2 is 2.11 bits per heavy atom. The fraction of sp³-hybridized carbons (Fsp3) is 0.600. The van der Waals surface area contributed by atoms with Gasteiger partial charge in [-0.3, -0.25) is 4.21 Å². The second-order valence-electron chi connectivity index (χ2n) is 5.72. The van der Waals surface area contributed by atoms with Crippen LogP contribution < -0.4 is 5.73 Å². The van der Waals surface area contributed by atoms with Gasteiger partial charge in [-0.05, 0) is 43.9 Å². The van der Waals surface area contributed by atoms with Crippen LogP contribution in [0.4, 0.5) is 5.69 Å². The monoisotopic (exact) mass is 279 g/mol. The highest BCUT2D eigenvalue weighted by molar-refractivity contribution is 7.85. The quantitative estimate of drug-likeness (QED) is 0.847. The molecule has 2 N–H and O–H groups in total. The first-order chi connectivity index (χ1) is 9.19. The molecule has 1 aromatic carbocycles. The van der Waals surface area contributed by atoms with Gasteiger partial charge in [0, 0.05) is 22.4 Å². The predicted molar refractivity (Wildman–Crippen MR) is 77.4 cm³/mol. The highest BCUT2D eigenvalue weighted by Gasteiger charge is 2.41. The lowest BCUT2D eigenvalue weighted by Gasteiger charge is -2.37. The third-order valence-corrected chi connectivity index (χ3v) is 6.08. The SMILES string of the molecule is Nc1cccc(S(=O)C2CCOC3(CCCC3)C2)c1. The molecule has 2 atom stereocenters. The maximum atomic E-state index is 12.7. The van der Waals surface area contributed by atoms with Gasteiger partial charge in [-0.25, -0.2) is 0 Å². The molecule has 19 heavy (non-hydrogen) atoms. The van der Waals surface area contributed by atoms with E-state index in [1.165, 1.54) is 12.8 Å². The number of rotatable bonds is 2. The van der Waals surface area contributed by atoms with Gasteiger partial charge in [0.2, 0.25) is 0 Å². The Balaban J connectivity index is 1.76. The number of hydrogen-bond donors (Lipinski definition) is 1. The van der Waals surface area contributed by atoms with Gasteiger partial charge in [-0.1, -0.05) is 18.9 Å². The molecule has 0 radical (unpaired) electrons. The van der Waals surface area contributed by atoms with E-state index in [0.717, 1.165) is 37.2 Å². The predicted octanol–water partition coefficient (Wildman–Crippen LogP) is 2.87. The summed E-state index contributed by atoms with van der Waals surface area (Å²) in [6.07, 6.45) is 6.60. The maximum absolute atomic E-state index is 12.7. The van der Waals surface area contributed by atoms with Crippen LogP contribution in [0.25, 0.3) is 0 Å². The lowest BCUT2D eigenvalue weighted by Crippen LogP contribution is -2.41. The van der Waals surface area contributed by atoms with Crippen molar-refractivity contribution in [1.82, 2.24) is 0 Å². The van der Waals surface area contributed by atoms with Crippen molar-refractivity contribution in [2.45, 2.75) is 54.3 Å². The third-order valence-electron chi connectivity index (χ3n) is 4.36. The van der Waals surface area contributed by atoms with Crippen molar-refractivity contribution < 1.29 is 8.95 Å². The van der Waals surface area contributed by atoms with E-state index >= 15 is 0 Å². The zero-order valence-corrected chi connectivity index (χ0v) is 12.0. The van der Waals surface area contributed by atoms with E-state index in [1.54, 1.807) is 0 Å². The largest absolute Gasteiger partial charge is 0.399 e. The molecule has 2 unspecified atom stereocenters. The molecule has 0 amide bonds. The molecule has 104 valence electrons. The molecule has 2 fully saturated rings. The lowest BCUT2D eigenvalue weighted by atomic mass is 9.92. The van der Waals surface area contributed by atoms with Crippen molar-refractivity contribution >= 4 is 16.5 Å². The van der Waals surface area contributed by atoms with Gasteiger partial charge >= 0.3 is 0 Å². The Labute approximate surface area is 117 Å². The first-order valence-electron chi connectivity index (χ1n) is 7.09. The van der Waals surface area contributed by atoms with Crippen LogP contribution in [0.2, 0.25) is 0 Å². The normalized spacial score (nSPS) is 27.5. The van der Waals surface area contributed by atoms with Crippen molar-refractivity contribution in [1.29, 1.82) is 0 Å². The third kappa shape index (κ3) is 2.70. The van der Waals surface area contributed by atoms with Crippen LogP contribution in [0.5, 0.6) is 0 Å². The van der Waals surface area contributed by atoms with Crippen molar-refractivity contribution in [2.75, 3.05) is 12.3 Å². The molecule has 0 aromatic heterocycles. The summed E-state index contributed by atoms with van der Waals surface area (Å²) in [5, 5.41) is 0.216. The van der Waals surface area contributed by atoms with Crippen molar-refractivity contribution in [3.8, 4) is 0 Å². The molecule has 1 saturated carbocycles. The number of anilines is 1. The Morgan fingerprint density at radius 3 is 2.84 bits per heavy atom. The van der Waals surface area contributed by atoms with Gasteiger partial charge in [-0.2, -0.15) is 0 Å². The summed E-state index contributed by atoms with van der Waals surface area (Å²) >= 11 is 0. The van der Waals surface area contributed by atoms with Crippen LogP contribution in [0.1, 0.15) is 38.5 Å². The summed E-state index contributed by atoms with van der Waals surface area (Å²) in [6, 6.07) is 7.48. The minimum Gasteiger partial charge on any atom is -0.399 e. The minimum absolute atomic E-state index is 0.0267. The Hall–Kier alpha value is -0.870. The van der Waals surface area contributed by atoms with E-state index in [0.29, 0.717) is 5.69 Å². The second-order valence-corrected chi connectivity index (χ2v) is 7.46. The summed E-state index contributed by atoms with van der Waals surface area (Å²) in [6.45, 7) is 0.749. The van der Waals surface area contributed by atoms with Gasteiger partial charge in [0.1, 0.15) is 0 Å². The van der Waals surface area contributed by atoms with Crippen LogP contribution in [-0.2, 0) is 15.5 Å². The highest BCUT2D eigenvalue weighted by atomic mass is 32.2. The molecular formula is C15H21NO2S. The standard InChI is InChI=1S/C15H21NO2S/c16-12-4-3-5-13(10-12)19(17)14-6-9-18-15(11-14)7-1-2-8-15/h3-5,10,14H,1-2,6-9,11,16H2. The topological polar surface area (TPSA) is 52.3 Å². The van der Waals surface area contributed by atoms with E-state index in [9.17, 15) is 4.21 Å². The fourth-order valence-corrected chi connectivity index (χ4v) is 4.98. The molecule has 1 aliphatic carbocycles. The molecular weight excluding hydrogens is 258 g/mol. The van der Waals surface area contributed by atoms with Gasteiger partial charge in [0.05, 0.1) is 16.4 Å². The zero-order chi connectivity index (χ0) is 13.3. The van der Waals surface area contributed by atoms with E-state index in [4.69, 9.17) is 10.5 Å². The summed E-state index contributed by atoms with van der Waals surface area (Å²) in [5.41, 5.74) is 6.50. The molecule has 1 aromatic rings. The molecule has 1 spiro atoms. The Bertz CT molecular complexity index is 483. The fourth-order valence-electron chi connectivity index (χ4n) is 3.37. The van der Waals surface area contributed by atoms with Crippen LogP contribution in [-0.4, -0.2) is 21.7 Å².